The van der Waals surface area contributed by atoms with E-state index in [2.05, 4.69) is 5.43 Å². The molecule has 2 aromatic rings. The molecule has 1 aliphatic rings. The Morgan fingerprint density at radius 2 is 1.88 bits per heavy atom. The molecule has 0 bridgehead atoms. The molecule has 2 heterocycles. The van der Waals surface area contributed by atoms with Crippen LogP contribution in [0.4, 0.5) is 18.9 Å². The largest absolute Gasteiger partial charge is 0.462 e. The van der Waals surface area contributed by atoms with E-state index in [9.17, 15) is 22.8 Å². The molecule has 0 aliphatic carbocycles. The first kappa shape index (κ1) is 16.8. The summed E-state index contributed by atoms with van der Waals surface area (Å²) in [6.45, 7) is 3.55. The Morgan fingerprint density at radius 1 is 1.16 bits per heavy atom. The molecule has 8 heteroatoms. The number of hydrogen-bond acceptors (Lipinski definition) is 3. The summed E-state index contributed by atoms with van der Waals surface area (Å²) in [4.78, 5) is 24.5. The van der Waals surface area contributed by atoms with Crippen molar-refractivity contribution in [3.63, 3.8) is 0 Å². The van der Waals surface area contributed by atoms with Crippen molar-refractivity contribution >= 4 is 23.6 Å². The van der Waals surface area contributed by atoms with E-state index in [4.69, 9.17) is 4.42 Å². The molecule has 1 aromatic carbocycles. The maximum atomic E-state index is 12.8. The van der Waals surface area contributed by atoms with E-state index < -0.39 is 23.6 Å². The Balaban J connectivity index is 1.94. The van der Waals surface area contributed by atoms with Crippen LogP contribution in [0.2, 0.25) is 0 Å². The van der Waals surface area contributed by atoms with Gasteiger partial charge >= 0.3 is 6.18 Å². The number of carbonyl (C=O) groups excluding carboxylic acids is 2. The van der Waals surface area contributed by atoms with Crippen LogP contribution in [0.3, 0.4) is 0 Å². The second-order valence-electron chi connectivity index (χ2n) is 5.58. The van der Waals surface area contributed by atoms with Gasteiger partial charge in [0.1, 0.15) is 17.1 Å². The van der Waals surface area contributed by atoms with Gasteiger partial charge in [0.2, 0.25) is 0 Å². The topological polar surface area (TPSA) is 62.6 Å². The molecular formula is C17H13F3N2O3. The van der Waals surface area contributed by atoms with E-state index in [1.807, 2.05) is 6.92 Å². The Morgan fingerprint density at radius 3 is 2.48 bits per heavy atom. The number of amides is 2. The minimum Gasteiger partial charge on any atom is -0.462 e. The quantitative estimate of drug-likeness (QED) is 0.667. The molecular weight excluding hydrogens is 337 g/mol. The van der Waals surface area contributed by atoms with Crippen molar-refractivity contribution in [3.05, 3.63) is 58.6 Å². The highest BCUT2D eigenvalue weighted by molar-refractivity contribution is 6.31. The van der Waals surface area contributed by atoms with Crippen LogP contribution >= 0.6 is 0 Å². The molecule has 5 nitrogen and oxygen atoms in total. The molecule has 130 valence electrons. The van der Waals surface area contributed by atoms with Gasteiger partial charge in [-0.2, -0.15) is 13.2 Å². The monoisotopic (exact) mass is 350 g/mol. The predicted octanol–water partition coefficient (Wildman–Crippen LogP) is 3.38. The molecule has 1 N–H and O–H groups in total. The molecule has 0 unspecified atom stereocenters. The zero-order chi connectivity index (χ0) is 18.4. The number of rotatable bonds is 2. The van der Waals surface area contributed by atoms with Crippen LogP contribution in [0.15, 0.2) is 40.3 Å². The van der Waals surface area contributed by atoms with Crippen molar-refractivity contribution in [2.24, 2.45) is 0 Å². The summed E-state index contributed by atoms with van der Waals surface area (Å²) in [5, 5.41) is 0.784. The number of halogens is 3. The van der Waals surface area contributed by atoms with Gasteiger partial charge in [-0.1, -0.05) is 6.07 Å². The van der Waals surface area contributed by atoms with Crippen LogP contribution < -0.4 is 10.4 Å². The molecule has 3 rings (SSSR count). The lowest BCUT2D eigenvalue weighted by Crippen LogP contribution is -2.35. The highest BCUT2D eigenvalue weighted by Crippen LogP contribution is 2.32. The lowest BCUT2D eigenvalue weighted by atomic mass is 10.1. The van der Waals surface area contributed by atoms with Crippen molar-refractivity contribution < 1.29 is 27.2 Å². The van der Waals surface area contributed by atoms with Gasteiger partial charge in [-0.3, -0.25) is 15.0 Å². The van der Waals surface area contributed by atoms with E-state index in [0.29, 0.717) is 11.5 Å². The summed E-state index contributed by atoms with van der Waals surface area (Å²) in [6, 6.07) is 5.81. The maximum Gasteiger partial charge on any atom is 0.416 e. The number of hydrogen-bond donors (Lipinski definition) is 1. The lowest BCUT2D eigenvalue weighted by Gasteiger charge is -2.16. The first-order valence-electron chi connectivity index (χ1n) is 7.28. The fourth-order valence-corrected chi connectivity index (χ4v) is 2.38. The zero-order valence-electron chi connectivity index (χ0n) is 13.3. The normalized spacial score (nSPS) is 16.7. The zero-order valence-corrected chi connectivity index (χ0v) is 13.3. The molecule has 1 aliphatic heterocycles. The summed E-state index contributed by atoms with van der Waals surface area (Å²) in [5.74, 6) is -0.503. The molecule has 0 spiro atoms. The highest BCUT2D eigenvalue weighted by atomic mass is 19.4. The second-order valence-corrected chi connectivity index (χ2v) is 5.58. The van der Waals surface area contributed by atoms with Crippen molar-refractivity contribution in [2.45, 2.75) is 20.0 Å². The third-order valence-electron chi connectivity index (χ3n) is 3.79. The number of benzene rings is 1. The Kier molecular flexibility index (Phi) is 3.90. The predicted molar refractivity (Wildman–Crippen MR) is 83.2 cm³/mol. The molecule has 25 heavy (non-hydrogen) atoms. The first-order valence-corrected chi connectivity index (χ1v) is 7.28. The van der Waals surface area contributed by atoms with E-state index >= 15 is 0 Å². The molecule has 1 saturated heterocycles. The third kappa shape index (κ3) is 3.15. The summed E-state index contributed by atoms with van der Waals surface area (Å²) in [5.41, 5.74) is 1.90. The molecule has 1 aromatic heterocycles. The lowest BCUT2D eigenvalue weighted by molar-refractivity contribution is -0.137. The first-order chi connectivity index (χ1) is 11.7. The van der Waals surface area contributed by atoms with Crippen LogP contribution in [0.5, 0.6) is 0 Å². The van der Waals surface area contributed by atoms with E-state index in [0.717, 1.165) is 22.7 Å². The van der Waals surface area contributed by atoms with Crippen molar-refractivity contribution in [3.8, 4) is 0 Å². The Bertz CT molecular complexity index is 877. The minimum atomic E-state index is -4.55. The van der Waals surface area contributed by atoms with Crippen LogP contribution in [0, 0.1) is 13.8 Å². The highest BCUT2D eigenvalue weighted by Gasteiger charge is 2.36. The van der Waals surface area contributed by atoms with Crippen molar-refractivity contribution in [1.82, 2.24) is 5.43 Å². The Labute approximate surface area is 140 Å². The van der Waals surface area contributed by atoms with Crippen LogP contribution in [0.1, 0.15) is 22.6 Å². The van der Waals surface area contributed by atoms with Gasteiger partial charge in [-0.15, -0.1) is 0 Å². The van der Waals surface area contributed by atoms with E-state index in [1.54, 1.807) is 13.0 Å². The number of nitrogens with zero attached hydrogens (tertiary/aromatic N) is 1. The van der Waals surface area contributed by atoms with Gasteiger partial charge in [-0.05, 0) is 49.8 Å². The van der Waals surface area contributed by atoms with Crippen LogP contribution in [-0.4, -0.2) is 11.8 Å². The number of aryl methyl sites for hydroxylation is 2. The molecule has 0 saturated carbocycles. The summed E-state index contributed by atoms with van der Waals surface area (Å²) >= 11 is 0. The number of nitrogens with one attached hydrogen (secondary N) is 1. The number of hydrazine groups is 1. The van der Waals surface area contributed by atoms with Gasteiger partial charge in [0.25, 0.3) is 11.8 Å². The van der Waals surface area contributed by atoms with Gasteiger partial charge < -0.3 is 4.42 Å². The number of alkyl halides is 3. The summed E-state index contributed by atoms with van der Waals surface area (Å²) < 4.78 is 43.9. The number of furan rings is 1. The average Bonchev–Trinajstić information content (AvgIpc) is 3.00. The fraction of sp³-hybridized carbons (Fsp3) is 0.176. The molecule has 0 radical (unpaired) electrons. The average molecular weight is 350 g/mol. The Hall–Kier alpha value is -3.03. The van der Waals surface area contributed by atoms with E-state index in [1.165, 1.54) is 18.2 Å². The van der Waals surface area contributed by atoms with Crippen LogP contribution in [-0.2, 0) is 15.8 Å². The van der Waals surface area contributed by atoms with Gasteiger partial charge in [0.15, 0.2) is 0 Å². The minimum absolute atomic E-state index is 0.0802. The number of anilines is 1. The molecule has 0 atom stereocenters. The van der Waals surface area contributed by atoms with Gasteiger partial charge in [0, 0.05) is 0 Å². The van der Waals surface area contributed by atoms with E-state index in [-0.39, 0.29) is 11.3 Å². The summed E-state index contributed by atoms with van der Waals surface area (Å²) in [6.07, 6.45) is -3.28. The summed E-state index contributed by atoms with van der Waals surface area (Å²) in [7, 11) is 0. The third-order valence-corrected chi connectivity index (χ3v) is 3.79. The van der Waals surface area contributed by atoms with Gasteiger partial charge in [0.05, 0.1) is 11.3 Å². The van der Waals surface area contributed by atoms with Crippen LogP contribution in [0.25, 0.3) is 6.08 Å². The SMILES string of the molecule is Cc1cc(/C=C2/C(=O)NN(c3cccc(C(F)(F)F)c3)C2=O)oc1C. The molecule has 2 amide bonds. The standard InChI is InChI=1S/C17H13F3N2O3/c1-9-6-13(25-10(9)2)8-14-15(23)21-22(16(14)24)12-5-3-4-11(7-12)17(18,19)20/h3-8H,1-2H3,(H,21,23)/b14-8-. The second kappa shape index (κ2) is 5.80. The fourth-order valence-electron chi connectivity index (χ4n) is 2.38. The van der Waals surface area contributed by atoms with Gasteiger partial charge in [-0.25, -0.2) is 5.01 Å². The number of carbonyl (C=O) groups is 2. The van der Waals surface area contributed by atoms with Crippen molar-refractivity contribution in [1.29, 1.82) is 0 Å². The van der Waals surface area contributed by atoms with Crippen molar-refractivity contribution in [2.75, 3.05) is 5.01 Å². The smallest absolute Gasteiger partial charge is 0.416 e. The molecule has 1 fully saturated rings. The maximum absolute atomic E-state index is 12.8.